The zero-order valence-corrected chi connectivity index (χ0v) is 38.4. The molecule has 1 unspecified atom stereocenters. The van der Waals surface area contributed by atoms with E-state index in [2.05, 4.69) is 10.3 Å². The van der Waals surface area contributed by atoms with Crippen molar-refractivity contribution < 1.29 is 50.8 Å². The van der Waals surface area contributed by atoms with Crippen molar-refractivity contribution in [2.45, 2.75) is 103 Å². The summed E-state index contributed by atoms with van der Waals surface area (Å²) in [6.45, 7) is 10.00. The van der Waals surface area contributed by atoms with Gasteiger partial charge in [0.05, 0.1) is 18.1 Å². The average Bonchev–Trinajstić information content (AvgIpc) is 3.77. The maximum absolute atomic E-state index is 16.4. The molecule has 332 valence electrons. The molecule has 19 heteroatoms. The lowest BCUT2D eigenvalue weighted by molar-refractivity contribution is -0.148. The number of likely N-dealkylation sites (tertiary alicyclic amines) is 1. The first-order valence-electron chi connectivity index (χ1n) is 20.3. The van der Waals surface area contributed by atoms with E-state index in [-0.39, 0.29) is 61.6 Å². The molecule has 3 atom stereocenters. The second-order valence-corrected chi connectivity index (χ2v) is 22.9. The zero-order chi connectivity index (χ0) is 44.5. The quantitative estimate of drug-likeness (QED) is 0.122. The van der Waals surface area contributed by atoms with E-state index in [0.29, 0.717) is 55.5 Å². The lowest BCUT2D eigenvalue weighted by atomic mass is 9.91. The second kappa shape index (κ2) is 18.8. The summed E-state index contributed by atoms with van der Waals surface area (Å²) < 4.78 is 72.3. The van der Waals surface area contributed by atoms with Crippen molar-refractivity contribution in [2.24, 2.45) is 10.8 Å². The Balaban J connectivity index is 1.13. The van der Waals surface area contributed by atoms with Crippen molar-refractivity contribution in [3.8, 4) is 0 Å². The van der Waals surface area contributed by atoms with E-state index >= 15 is 8.78 Å². The predicted octanol–water partition coefficient (Wildman–Crippen LogP) is 8.59. The van der Waals surface area contributed by atoms with Gasteiger partial charge in [-0.25, -0.2) is 4.39 Å². The molecular formula is C42H52F3N4O8PS3. The summed E-state index contributed by atoms with van der Waals surface area (Å²) in [6.07, 6.45) is 5.63. The van der Waals surface area contributed by atoms with Crippen LogP contribution in [-0.4, -0.2) is 98.7 Å². The Morgan fingerprint density at radius 2 is 1.56 bits per heavy atom. The normalized spacial score (nSPS) is 20.3. The van der Waals surface area contributed by atoms with Crippen LogP contribution >= 0.6 is 42.5 Å². The lowest BCUT2D eigenvalue weighted by Crippen LogP contribution is -2.58. The number of carbonyl (C=O) groups excluding carboxylic acids is 5. The molecule has 1 aromatic carbocycles. The molecule has 3 aliphatic rings. The summed E-state index contributed by atoms with van der Waals surface area (Å²) in [4.78, 5) is 73.6. The molecular weight excluding hydrogens is 873 g/mol. The Hall–Kier alpha value is -3.28. The third-order valence-corrected chi connectivity index (χ3v) is 16.5. The van der Waals surface area contributed by atoms with Crippen LogP contribution in [0.25, 0.3) is 10.1 Å². The number of pyridine rings is 1. The van der Waals surface area contributed by atoms with Crippen LogP contribution in [0.15, 0.2) is 42.7 Å². The van der Waals surface area contributed by atoms with Gasteiger partial charge in [0.25, 0.3) is 5.91 Å². The number of aromatic nitrogens is 1. The smallest absolute Gasteiger partial charge is 0.340 e. The van der Waals surface area contributed by atoms with Crippen molar-refractivity contribution in [2.75, 3.05) is 37.8 Å². The zero-order valence-electron chi connectivity index (χ0n) is 35.0. The summed E-state index contributed by atoms with van der Waals surface area (Å²) >= 11 is 2.78. The SMILES string of the molecule is CC(C)(C)C(=O)SCCOP(=O)(OCCSC(=O)C(C)(C)C)C(F)(F)c1ccc2sc(C(=O)NC3CCC[C@H]4CC[C@@H](C(=O)N5CC(c6cnccc6F)C5)N4C3=O)cc2c1. The van der Waals surface area contributed by atoms with Gasteiger partial charge in [0.1, 0.15) is 17.9 Å². The van der Waals surface area contributed by atoms with E-state index in [1.54, 1.807) is 51.3 Å². The van der Waals surface area contributed by atoms with Gasteiger partial charge in [-0.05, 0) is 61.8 Å². The van der Waals surface area contributed by atoms with Crippen molar-refractivity contribution in [1.29, 1.82) is 0 Å². The topological polar surface area (TPSA) is 152 Å². The van der Waals surface area contributed by atoms with Crippen molar-refractivity contribution in [3.05, 3.63) is 64.5 Å². The predicted molar refractivity (Wildman–Crippen MR) is 231 cm³/mol. The number of nitrogens with one attached hydrogen (secondary N) is 1. The Kier molecular flexibility index (Phi) is 14.6. The van der Waals surface area contributed by atoms with Gasteiger partial charge in [-0.3, -0.25) is 33.5 Å². The first-order chi connectivity index (χ1) is 28.6. The number of nitrogens with zero attached hydrogens (tertiary/aromatic N) is 3. The van der Waals surface area contributed by atoms with Gasteiger partial charge in [-0.1, -0.05) is 71.1 Å². The van der Waals surface area contributed by atoms with Crippen molar-refractivity contribution in [3.63, 3.8) is 0 Å². The maximum Gasteiger partial charge on any atom is 0.404 e. The highest BCUT2D eigenvalue weighted by molar-refractivity contribution is 8.14. The summed E-state index contributed by atoms with van der Waals surface area (Å²) in [6, 6.07) is 4.52. The van der Waals surface area contributed by atoms with Gasteiger partial charge in [-0.2, -0.15) is 8.78 Å². The van der Waals surface area contributed by atoms with Crippen LogP contribution in [0.2, 0.25) is 0 Å². The highest BCUT2D eigenvalue weighted by Gasteiger charge is 2.55. The van der Waals surface area contributed by atoms with Crippen LogP contribution < -0.4 is 5.32 Å². The highest BCUT2D eigenvalue weighted by atomic mass is 32.2. The van der Waals surface area contributed by atoms with Crippen LogP contribution in [0.3, 0.4) is 0 Å². The molecule has 12 nitrogen and oxygen atoms in total. The monoisotopic (exact) mass is 924 g/mol. The number of alkyl halides is 2. The second-order valence-electron chi connectivity index (χ2n) is 17.6. The van der Waals surface area contributed by atoms with Gasteiger partial charge < -0.3 is 24.2 Å². The van der Waals surface area contributed by atoms with Crippen molar-refractivity contribution >= 4 is 80.5 Å². The van der Waals surface area contributed by atoms with Gasteiger partial charge in [0.15, 0.2) is 10.2 Å². The number of benzene rings is 1. The molecule has 6 rings (SSSR count). The van der Waals surface area contributed by atoms with E-state index < -0.39 is 60.9 Å². The van der Waals surface area contributed by atoms with E-state index in [9.17, 15) is 32.9 Å². The Labute approximate surface area is 366 Å². The number of halogens is 3. The summed E-state index contributed by atoms with van der Waals surface area (Å²) in [5.74, 6) is -1.80. The van der Waals surface area contributed by atoms with Crippen LogP contribution in [0.1, 0.15) is 100 Å². The molecule has 2 aromatic heterocycles. The highest BCUT2D eigenvalue weighted by Crippen LogP contribution is 2.67. The van der Waals surface area contributed by atoms with Gasteiger partial charge in [0.2, 0.25) is 11.8 Å². The van der Waals surface area contributed by atoms with E-state index in [4.69, 9.17) is 9.05 Å². The fourth-order valence-corrected chi connectivity index (χ4v) is 11.7. The minimum atomic E-state index is -5.26. The molecule has 3 saturated heterocycles. The number of carbonyl (C=O) groups is 5. The first kappa shape index (κ1) is 47.2. The number of fused-ring (bicyclic) bond motifs is 2. The lowest BCUT2D eigenvalue weighted by Gasteiger charge is -2.42. The molecule has 3 aromatic rings. The molecule has 0 aliphatic carbocycles. The molecule has 61 heavy (non-hydrogen) atoms. The molecule has 0 spiro atoms. The Bertz CT molecular complexity index is 2170. The third kappa shape index (κ3) is 10.6. The largest absolute Gasteiger partial charge is 0.404 e. The van der Waals surface area contributed by atoms with Gasteiger partial charge >= 0.3 is 13.3 Å². The number of rotatable bonds is 14. The molecule has 1 N–H and O–H groups in total. The average molecular weight is 925 g/mol. The molecule has 3 fully saturated rings. The number of amides is 3. The van der Waals surface area contributed by atoms with Gasteiger partial charge in [-0.15, -0.1) is 11.3 Å². The van der Waals surface area contributed by atoms with E-state index in [1.807, 2.05) is 0 Å². The van der Waals surface area contributed by atoms with Crippen molar-refractivity contribution in [1.82, 2.24) is 20.1 Å². The third-order valence-electron chi connectivity index (χ3n) is 10.9. The van der Waals surface area contributed by atoms with E-state index in [0.717, 1.165) is 47.0 Å². The molecule has 0 saturated carbocycles. The van der Waals surface area contributed by atoms with Crippen LogP contribution in [0, 0.1) is 16.6 Å². The van der Waals surface area contributed by atoms with Gasteiger partial charge in [0, 0.05) is 75.6 Å². The molecule has 0 bridgehead atoms. The Morgan fingerprint density at radius 3 is 2.16 bits per heavy atom. The summed E-state index contributed by atoms with van der Waals surface area (Å²) in [5.41, 5.74) is -5.77. The molecule has 3 amide bonds. The fraction of sp³-hybridized carbons (Fsp3) is 0.571. The number of thioether (sulfide) groups is 2. The molecule has 3 aliphatic heterocycles. The van der Waals surface area contributed by atoms with Crippen LogP contribution in [0.5, 0.6) is 0 Å². The number of hydrogen-bond donors (Lipinski definition) is 1. The summed E-state index contributed by atoms with van der Waals surface area (Å²) in [5, 5.41) is 2.70. The molecule has 0 radical (unpaired) electrons. The minimum absolute atomic E-state index is 0.0499. The van der Waals surface area contributed by atoms with Crippen LogP contribution in [-0.2, 0) is 38.5 Å². The van der Waals surface area contributed by atoms with Crippen LogP contribution in [0.4, 0.5) is 13.2 Å². The number of hydrogen-bond acceptors (Lipinski definition) is 12. The Morgan fingerprint density at radius 1 is 0.918 bits per heavy atom. The molecule has 5 heterocycles. The fourth-order valence-electron chi connectivity index (χ4n) is 7.44. The first-order valence-corrected chi connectivity index (χ1v) is 24.6. The minimum Gasteiger partial charge on any atom is -0.340 e. The maximum atomic E-state index is 16.4. The number of thiophene rings is 1. The summed E-state index contributed by atoms with van der Waals surface area (Å²) in [7, 11) is -5.26. The standard InChI is InChI=1S/C42H52F3N4O8PS3/c1-40(2,3)38(53)59-18-16-56-58(55,57-17-19-60-39(54)41(4,5)6)42(44,45)27-10-13-33-25(20-27)21-34(61-33)35(50)47-31-9-7-8-28-11-12-32(49(28)36(31)51)37(52)48-23-26(24-48)29-22-46-15-14-30(29)43/h10,13-15,20-22,26,28,31-32H,7-9,11-12,16-19,23-24H2,1-6H3,(H,47,50)/t28-,31?,32-/m0/s1. The van der Waals surface area contributed by atoms with E-state index in [1.165, 1.54) is 30.6 Å².